The van der Waals surface area contributed by atoms with Crippen molar-refractivity contribution in [2.75, 3.05) is 0 Å². The standard InChI is InChI=1S/C25H24N2O3/c1-16-6-4-7-17(14-16)23-22(24(28)26-15-19-8-5-13-30-19)20-9-2-3-10-21(20)25(29)27(23)18-11-12-18/h2-10,13-14,18,22-23H,11-12,15H2,1H3,(H,26,28)/t22-,23+/m1/s1. The summed E-state index contributed by atoms with van der Waals surface area (Å²) in [5, 5.41) is 3.03. The summed E-state index contributed by atoms with van der Waals surface area (Å²) in [6.45, 7) is 2.36. The maximum Gasteiger partial charge on any atom is 0.254 e. The first-order valence-corrected chi connectivity index (χ1v) is 10.4. The molecule has 30 heavy (non-hydrogen) atoms. The van der Waals surface area contributed by atoms with Crippen molar-refractivity contribution in [3.63, 3.8) is 0 Å². The Balaban J connectivity index is 1.59. The van der Waals surface area contributed by atoms with Crippen LogP contribution in [0.25, 0.3) is 0 Å². The van der Waals surface area contributed by atoms with E-state index < -0.39 is 5.92 Å². The molecule has 0 bridgehead atoms. The first-order chi connectivity index (χ1) is 14.6. The Kier molecular flexibility index (Phi) is 4.66. The summed E-state index contributed by atoms with van der Waals surface area (Å²) in [4.78, 5) is 28.9. The van der Waals surface area contributed by atoms with Crippen molar-refractivity contribution >= 4 is 11.8 Å². The lowest BCUT2D eigenvalue weighted by Crippen LogP contribution is -2.48. The smallest absolute Gasteiger partial charge is 0.254 e. The van der Waals surface area contributed by atoms with Crippen molar-refractivity contribution in [1.82, 2.24) is 10.2 Å². The van der Waals surface area contributed by atoms with Gasteiger partial charge in [0, 0.05) is 11.6 Å². The van der Waals surface area contributed by atoms with Gasteiger partial charge in [0.1, 0.15) is 5.76 Å². The second-order valence-electron chi connectivity index (χ2n) is 8.16. The van der Waals surface area contributed by atoms with Crippen LogP contribution in [-0.4, -0.2) is 22.8 Å². The summed E-state index contributed by atoms with van der Waals surface area (Å²) in [6.07, 6.45) is 3.56. The number of hydrogen-bond donors (Lipinski definition) is 1. The van der Waals surface area contributed by atoms with Gasteiger partial charge < -0.3 is 14.6 Å². The molecule has 2 aromatic carbocycles. The lowest BCUT2D eigenvalue weighted by Gasteiger charge is -2.42. The summed E-state index contributed by atoms with van der Waals surface area (Å²) in [5.74, 6) is 0.157. The average molecular weight is 400 g/mol. The molecule has 1 fully saturated rings. The van der Waals surface area contributed by atoms with E-state index in [4.69, 9.17) is 4.42 Å². The van der Waals surface area contributed by atoms with Crippen LogP contribution in [0, 0.1) is 6.92 Å². The minimum absolute atomic E-state index is 0.0229. The zero-order valence-electron chi connectivity index (χ0n) is 16.9. The average Bonchev–Trinajstić information content (AvgIpc) is 3.45. The molecule has 1 aliphatic carbocycles. The summed E-state index contributed by atoms with van der Waals surface area (Å²) in [7, 11) is 0. The fourth-order valence-corrected chi connectivity index (χ4v) is 4.49. The Morgan fingerprint density at radius 3 is 2.67 bits per heavy atom. The van der Waals surface area contributed by atoms with Crippen molar-refractivity contribution < 1.29 is 14.0 Å². The van der Waals surface area contributed by atoms with Gasteiger partial charge in [-0.05, 0) is 49.1 Å². The minimum atomic E-state index is -0.476. The maximum absolute atomic E-state index is 13.5. The summed E-state index contributed by atoms with van der Waals surface area (Å²) < 4.78 is 5.38. The molecule has 0 radical (unpaired) electrons. The Morgan fingerprint density at radius 2 is 1.93 bits per heavy atom. The number of benzene rings is 2. The summed E-state index contributed by atoms with van der Waals surface area (Å²) in [6, 6.07) is 19.2. The number of rotatable bonds is 5. The van der Waals surface area contributed by atoms with Crippen molar-refractivity contribution in [3.8, 4) is 0 Å². The van der Waals surface area contributed by atoms with Crippen LogP contribution in [0.3, 0.4) is 0 Å². The van der Waals surface area contributed by atoms with Crippen molar-refractivity contribution in [1.29, 1.82) is 0 Å². The van der Waals surface area contributed by atoms with Crippen LogP contribution < -0.4 is 5.32 Å². The molecule has 5 rings (SSSR count). The van der Waals surface area contributed by atoms with E-state index in [1.54, 1.807) is 12.3 Å². The largest absolute Gasteiger partial charge is 0.467 e. The number of aryl methyl sites for hydroxylation is 1. The lowest BCUT2D eigenvalue weighted by molar-refractivity contribution is -0.124. The number of furan rings is 1. The topological polar surface area (TPSA) is 62.6 Å². The van der Waals surface area contributed by atoms with E-state index in [-0.39, 0.29) is 23.9 Å². The Bertz CT molecular complexity index is 1090. The predicted octanol–water partition coefficient (Wildman–Crippen LogP) is 4.35. The molecule has 1 saturated carbocycles. The molecule has 0 saturated heterocycles. The lowest BCUT2D eigenvalue weighted by atomic mass is 9.78. The molecule has 1 aromatic heterocycles. The second kappa shape index (κ2) is 7.48. The van der Waals surface area contributed by atoms with Crippen LogP contribution >= 0.6 is 0 Å². The number of amides is 2. The van der Waals surface area contributed by atoms with Crippen LogP contribution in [0.1, 0.15) is 57.6 Å². The van der Waals surface area contributed by atoms with Crippen molar-refractivity contribution in [2.24, 2.45) is 0 Å². The van der Waals surface area contributed by atoms with Crippen LogP contribution in [0.2, 0.25) is 0 Å². The highest BCUT2D eigenvalue weighted by molar-refractivity contribution is 6.01. The van der Waals surface area contributed by atoms with Gasteiger partial charge >= 0.3 is 0 Å². The number of fused-ring (bicyclic) bond motifs is 1. The normalized spacial score (nSPS) is 20.7. The van der Waals surface area contributed by atoms with Gasteiger partial charge in [-0.2, -0.15) is 0 Å². The summed E-state index contributed by atoms with van der Waals surface area (Å²) in [5.41, 5.74) is 3.54. The van der Waals surface area contributed by atoms with Gasteiger partial charge in [-0.3, -0.25) is 9.59 Å². The molecule has 2 heterocycles. The zero-order chi connectivity index (χ0) is 20.7. The van der Waals surface area contributed by atoms with E-state index in [1.807, 2.05) is 60.4 Å². The quantitative estimate of drug-likeness (QED) is 0.693. The van der Waals surface area contributed by atoms with Gasteiger partial charge in [0.15, 0.2) is 0 Å². The zero-order valence-corrected chi connectivity index (χ0v) is 16.9. The molecule has 1 aliphatic heterocycles. The number of nitrogens with one attached hydrogen (secondary N) is 1. The van der Waals surface area contributed by atoms with Crippen LogP contribution in [0.15, 0.2) is 71.3 Å². The third-order valence-electron chi connectivity index (χ3n) is 6.00. The molecular weight excluding hydrogens is 376 g/mol. The fraction of sp³-hybridized carbons (Fsp3) is 0.280. The molecule has 152 valence electrons. The maximum atomic E-state index is 13.5. The molecule has 1 N–H and O–H groups in total. The number of carbonyl (C=O) groups excluding carboxylic acids is 2. The third-order valence-corrected chi connectivity index (χ3v) is 6.00. The molecule has 2 aliphatic rings. The molecule has 2 atom stereocenters. The van der Waals surface area contributed by atoms with Gasteiger partial charge in [0.05, 0.1) is 24.8 Å². The number of hydrogen-bond acceptors (Lipinski definition) is 3. The molecule has 3 aromatic rings. The predicted molar refractivity (Wildman–Crippen MR) is 113 cm³/mol. The van der Waals surface area contributed by atoms with Crippen LogP contribution in [0.5, 0.6) is 0 Å². The van der Waals surface area contributed by atoms with Gasteiger partial charge in [0.2, 0.25) is 5.91 Å². The highest BCUT2D eigenvalue weighted by Crippen LogP contribution is 2.47. The molecular formula is C25H24N2O3. The second-order valence-corrected chi connectivity index (χ2v) is 8.16. The highest BCUT2D eigenvalue weighted by Gasteiger charge is 2.48. The first kappa shape index (κ1) is 18.7. The SMILES string of the molecule is Cc1cccc([C@H]2[C@H](C(=O)NCc3ccco3)c3ccccc3C(=O)N2C2CC2)c1. The fourth-order valence-electron chi connectivity index (χ4n) is 4.49. The molecule has 5 nitrogen and oxygen atoms in total. The molecule has 0 unspecified atom stereocenters. The Morgan fingerprint density at radius 1 is 1.10 bits per heavy atom. The minimum Gasteiger partial charge on any atom is -0.467 e. The van der Waals surface area contributed by atoms with E-state index in [9.17, 15) is 9.59 Å². The van der Waals surface area contributed by atoms with Crippen molar-refractivity contribution in [2.45, 2.75) is 44.3 Å². The monoisotopic (exact) mass is 400 g/mol. The van der Waals surface area contributed by atoms with E-state index in [0.29, 0.717) is 17.9 Å². The Hall–Kier alpha value is -3.34. The number of carbonyl (C=O) groups is 2. The first-order valence-electron chi connectivity index (χ1n) is 10.4. The van der Waals surface area contributed by atoms with Crippen LogP contribution in [0.4, 0.5) is 0 Å². The van der Waals surface area contributed by atoms with Gasteiger partial charge in [-0.1, -0.05) is 48.0 Å². The van der Waals surface area contributed by atoms with Gasteiger partial charge in [-0.25, -0.2) is 0 Å². The van der Waals surface area contributed by atoms with E-state index >= 15 is 0 Å². The molecule has 2 amide bonds. The summed E-state index contributed by atoms with van der Waals surface area (Å²) >= 11 is 0. The van der Waals surface area contributed by atoms with Crippen molar-refractivity contribution in [3.05, 3.63) is 94.9 Å². The van der Waals surface area contributed by atoms with E-state index in [0.717, 1.165) is 29.5 Å². The Labute approximate surface area is 175 Å². The van der Waals surface area contributed by atoms with E-state index in [1.165, 1.54) is 0 Å². The molecule has 0 spiro atoms. The van der Waals surface area contributed by atoms with Gasteiger partial charge in [-0.15, -0.1) is 0 Å². The van der Waals surface area contributed by atoms with E-state index in [2.05, 4.69) is 11.4 Å². The van der Waals surface area contributed by atoms with Crippen LogP contribution in [-0.2, 0) is 11.3 Å². The third kappa shape index (κ3) is 3.30. The number of nitrogens with zero attached hydrogens (tertiary/aromatic N) is 1. The highest BCUT2D eigenvalue weighted by atomic mass is 16.3. The van der Waals surface area contributed by atoms with Gasteiger partial charge in [0.25, 0.3) is 5.91 Å². The molecule has 5 heteroatoms.